The quantitative estimate of drug-likeness (QED) is 0.199. The van der Waals surface area contributed by atoms with Crippen molar-refractivity contribution in [2.75, 3.05) is 24.6 Å². The van der Waals surface area contributed by atoms with Gasteiger partial charge in [0.1, 0.15) is 11.9 Å². The predicted molar refractivity (Wildman–Crippen MR) is 151 cm³/mol. The minimum absolute atomic E-state index is 0.00253. The van der Waals surface area contributed by atoms with Gasteiger partial charge in [-0.15, -0.1) is 5.10 Å². The number of hydrogen-bond donors (Lipinski definition) is 0. The van der Waals surface area contributed by atoms with Gasteiger partial charge in [0.15, 0.2) is 4.90 Å². The third-order valence-electron chi connectivity index (χ3n) is 6.48. The minimum atomic E-state index is -4.63. The molecule has 0 amide bonds. The number of anilines is 1. The van der Waals surface area contributed by atoms with Gasteiger partial charge < -0.3 is 14.2 Å². The summed E-state index contributed by atoms with van der Waals surface area (Å²) in [5.41, 5.74) is -0.566. The molecule has 0 saturated heterocycles. The molecule has 1 aliphatic heterocycles. The van der Waals surface area contributed by atoms with E-state index < -0.39 is 33.8 Å². The second-order valence-electron chi connectivity index (χ2n) is 9.24. The molecule has 0 aliphatic carbocycles. The van der Waals surface area contributed by atoms with Crippen molar-refractivity contribution >= 4 is 45.4 Å². The number of benzene rings is 2. The number of aromatic nitrogens is 2. The van der Waals surface area contributed by atoms with E-state index in [0.717, 1.165) is 10.4 Å². The molecule has 0 saturated carbocycles. The van der Waals surface area contributed by atoms with E-state index in [0.29, 0.717) is 12.1 Å². The van der Waals surface area contributed by atoms with Gasteiger partial charge in [-0.1, -0.05) is 35.9 Å². The lowest BCUT2D eigenvalue weighted by molar-refractivity contribution is -0.141. The van der Waals surface area contributed by atoms with Crippen molar-refractivity contribution in [3.63, 3.8) is 0 Å². The molecule has 0 N–H and O–H groups in total. The first-order valence-corrected chi connectivity index (χ1v) is 14.8. The minimum Gasteiger partial charge on any atom is -0.486 e. The number of rotatable bonds is 10. The number of carbonyl (C=O) groups excluding carboxylic acids is 1. The van der Waals surface area contributed by atoms with Gasteiger partial charge in [0, 0.05) is 29.7 Å². The highest BCUT2D eigenvalue weighted by Crippen LogP contribution is 2.41. The molecular formula is C28H29ClF3N3O6S. The maximum absolute atomic E-state index is 14.1. The molecule has 0 radical (unpaired) electrons. The lowest BCUT2D eigenvalue weighted by atomic mass is 10.0. The zero-order valence-electron chi connectivity index (χ0n) is 23.0. The van der Waals surface area contributed by atoms with E-state index in [9.17, 15) is 26.4 Å². The summed E-state index contributed by atoms with van der Waals surface area (Å²) in [4.78, 5) is 11.6. The lowest BCUT2D eigenvalue weighted by Crippen LogP contribution is -2.43. The first kappa shape index (κ1) is 31.2. The lowest BCUT2D eigenvalue weighted by Gasteiger charge is -2.35. The van der Waals surface area contributed by atoms with Crippen LogP contribution < -0.4 is 13.8 Å². The normalized spacial score (nSPS) is 15.4. The summed E-state index contributed by atoms with van der Waals surface area (Å²) in [6.07, 6.45) is -1.12. The van der Waals surface area contributed by atoms with Crippen molar-refractivity contribution < 1.29 is 40.6 Å². The molecule has 0 fully saturated rings. The second kappa shape index (κ2) is 12.7. The highest BCUT2D eigenvalue weighted by molar-refractivity contribution is 7.93. The summed E-state index contributed by atoms with van der Waals surface area (Å²) in [6.45, 7) is 3.94. The third-order valence-corrected chi connectivity index (χ3v) is 8.57. The van der Waals surface area contributed by atoms with Crippen LogP contribution >= 0.6 is 11.6 Å². The molecule has 0 unspecified atom stereocenters. The van der Waals surface area contributed by atoms with E-state index in [-0.39, 0.29) is 58.8 Å². The number of alkyl halides is 3. The number of esters is 1. The van der Waals surface area contributed by atoms with Crippen LogP contribution in [0.3, 0.4) is 0 Å². The Labute approximate surface area is 246 Å². The molecule has 1 atom stereocenters. The standard InChI is InChI=1S/C28H29ClF3N3O6S/c1-4-34-17-25(27(33-34)40-5-2)42(37,38)35-16-19(11-14-26(36)39-3)41-24-13-10-18(15-23(24)35)9-12-20-21(28(30,31)32)7-6-8-22(20)29/h6-10,12-13,15,17,19H,4-5,11,14,16H2,1-3H3/b12-9+/t19-/m0/s1. The van der Waals surface area contributed by atoms with Gasteiger partial charge in [-0.25, -0.2) is 8.42 Å². The molecule has 3 aromatic rings. The first-order valence-electron chi connectivity index (χ1n) is 13.0. The van der Waals surface area contributed by atoms with Crippen molar-refractivity contribution in [1.82, 2.24) is 9.78 Å². The summed E-state index contributed by atoms with van der Waals surface area (Å²) >= 11 is 6.09. The number of methoxy groups -OCH3 is 1. The molecule has 0 bridgehead atoms. The number of halogens is 4. The van der Waals surface area contributed by atoms with Crippen molar-refractivity contribution in [1.29, 1.82) is 0 Å². The Morgan fingerprint density at radius 1 is 1.21 bits per heavy atom. The molecular weight excluding hydrogens is 599 g/mol. The maximum Gasteiger partial charge on any atom is 0.417 e. The Bertz CT molecular complexity index is 1590. The summed E-state index contributed by atoms with van der Waals surface area (Å²) in [5, 5.41) is 4.14. The van der Waals surface area contributed by atoms with Gasteiger partial charge in [0.05, 0.1) is 31.5 Å². The van der Waals surface area contributed by atoms with Gasteiger partial charge in [-0.3, -0.25) is 13.8 Å². The zero-order chi connectivity index (χ0) is 30.7. The molecule has 2 aromatic carbocycles. The second-order valence-corrected chi connectivity index (χ2v) is 11.5. The highest BCUT2D eigenvalue weighted by atomic mass is 35.5. The van der Waals surface area contributed by atoms with Gasteiger partial charge in [0.25, 0.3) is 15.9 Å². The van der Waals surface area contributed by atoms with Crippen LogP contribution in [0.1, 0.15) is 43.4 Å². The number of carbonyl (C=O) groups is 1. The Morgan fingerprint density at radius 2 is 1.98 bits per heavy atom. The highest BCUT2D eigenvalue weighted by Gasteiger charge is 2.38. The summed E-state index contributed by atoms with van der Waals surface area (Å²) in [5.74, 6) is -0.320. The van der Waals surface area contributed by atoms with Gasteiger partial charge in [0.2, 0.25) is 0 Å². The van der Waals surface area contributed by atoms with Crippen LogP contribution in [0.2, 0.25) is 5.02 Å². The average molecular weight is 628 g/mol. The van der Waals surface area contributed by atoms with E-state index in [4.69, 9.17) is 25.8 Å². The SMILES string of the molecule is CCOc1nn(CC)cc1S(=O)(=O)N1C[C@H](CCC(=O)OC)Oc2ccc(/C=C/c3c(Cl)cccc3C(F)(F)F)cc21. The van der Waals surface area contributed by atoms with Gasteiger partial charge in [-0.05, 0) is 50.1 Å². The number of nitrogens with zero attached hydrogens (tertiary/aromatic N) is 3. The Morgan fingerprint density at radius 3 is 2.64 bits per heavy atom. The third kappa shape index (κ3) is 6.67. The van der Waals surface area contributed by atoms with Gasteiger partial charge in [-0.2, -0.15) is 13.2 Å². The smallest absolute Gasteiger partial charge is 0.417 e. The van der Waals surface area contributed by atoms with Crippen LogP contribution in [0.25, 0.3) is 12.2 Å². The fourth-order valence-electron chi connectivity index (χ4n) is 4.40. The molecule has 9 nitrogen and oxygen atoms in total. The van der Waals surface area contributed by atoms with Gasteiger partial charge >= 0.3 is 12.1 Å². The summed E-state index contributed by atoms with van der Waals surface area (Å²) in [7, 11) is -3.02. The molecule has 42 heavy (non-hydrogen) atoms. The number of aryl methyl sites for hydroxylation is 1. The summed E-state index contributed by atoms with van der Waals surface area (Å²) < 4.78 is 87.8. The van der Waals surface area contributed by atoms with E-state index >= 15 is 0 Å². The van der Waals surface area contributed by atoms with Crippen LogP contribution in [0, 0.1) is 0 Å². The molecule has 0 spiro atoms. The van der Waals surface area contributed by atoms with Crippen LogP contribution in [-0.2, 0) is 32.3 Å². The van der Waals surface area contributed by atoms with Crippen LogP contribution in [0.4, 0.5) is 18.9 Å². The van der Waals surface area contributed by atoms with Crippen LogP contribution in [-0.4, -0.2) is 50.5 Å². The number of hydrogen-bond acceptors (Lipinski definition) is 7. The van der Waals surface area contributed by atoms with E-state index in [1.807, 2.05) is 0 Å². The molecule has 2 heterocycles. The van der Waals surface area contributed by atoms with Crippen LogP contribution in [0.5, 0.6) is 11.6 Å². The Balaban J connectivity index is 1.78. The van der Waals surface area contributed by atoms with Crippen molar-refractivity contribution in [3.05, 3.63) is 64.3 Å². The molecule has 4 rings (SSSR count). The molecule has 226 valence electrons. The largest absolute Gasteiger partial charge is 0.486 e. The van der Waals surface area contributed by atoms with Crippen molar-refractivity contribution in [3.8, 4) is 11.6 Å². The topological polar surface area (TPSA) is 100.0 Å². The maximum atomic E-state index is 14.1. The molecule has 1 aromatic heterocycles. The first-order chi connectivity index (χ1) is 19.9. The van der Waals surface area contributed by atoms with E-state index in [2.05, 4.69) is 5.10 Å². The number of sulfonamides is 1. The number of fused-ring (bicyclic) bond motifs is 1. The zero-order valence-corrected chi connectivity index (χ0v) is 24.6. The Kier molecular flexibility index (Phi) is 9.41. The van der Waals surface area contributed by atoms with Crippen LogP contribution in [0.15, 0.2) is 47.5 Å². The van der Waals surface area contributed by atoms with E-state index in [1.54, 1.807) is 19.9 Å². The fraction of sp³-hybridized carbons (Fsp3) is 0.357. The molecule has 14 heteroatoms. The van der Waals surface area contributed by atoms with Crippen molar-refractivity contribution in [2.24, 2.45) is 0 Å². The molecule has 1 aliphatic rings. The average Bonchev–Trinajstić information content (AvgIpc) is 3.38. The predicted octanol–water partition coefficient (Wildman–Crippen LogP) is 6.05. The summed E-state index contributed by atoms with van der Waals surface area (Å²) in [6, 6.07) is 8.10. The number of ether oxygens (including phenoxy) is 3. The monoisotopic (exact) mass is 627 g/mol. The van der Waals surface area contributed by atoms with E-state index in [1.165, 1.54) is 54.4 Å². The Hall–Kier alpha value is -3.71. The fourth-order valence-corrected chi connectivity index (χ4v) is 6.22. The van der Waals surface area contributed by atoms with Crippen molar-refractivity contribution in [2.45, 2.75) is 50.4 Å².